The Labute approximate surface area is 153 Å². The van der Waals surface area contributed by atoms with Gasteiger partial charge in [-0.1, -0.05) is 6.07 Å². The Bertz CT molecular complexity index is 867. The second kappa shape index (κ2) is 6.09. The Morgan fingerprint density at radius 3 is 2.77 bits per heavy atom. The van der Waals surface area contributed by atoms with Crippen molar-refractivity contribution in [3.63, 3.8) is 0 Å². The monoisotopic (exact) mass is 349 g/mol. The zero-order valence-corrected chi connectivity index (χ0v) is 15.1. The third-order valence-electron chi connectivity index (χ3n) is 5.42. The van der Waals surface area contributed by atoms with Crippen LogP contribution in [0.3, 0.4) is 0 Å². The number of rotatable bonds is 4. The quantitative estimate of drug-likeness (QED) is 0.850. The van der Waals surface area contributed by atoms with Gasteiger partial charge in [-0.25, -0.2) is 4.98 Å². The van der Waals surface area contributed by atoms with Gasteiger partial charge in [0.15, 0.2) is 0 Å². The van der Waals surface area contributed by atoms with E-state index in [0.29, 0.717) is 0 Å². The average molecular weight is 349 g/mol. The van der Waals surface area contributed by atoms with Crippen LogP contribution >= 0.6 is 0 Å². The molecule has 26 heavy (non-hydrogen) atoms. The maximum absolute atomic E-state index is 6.15. The van der Waals surface area contributed by atoms with Crippen molar-refractivity contribution in [2.24, 2.45) is 4.99 Å². The molecular formula is C21H23N3O2. The van der Waals surface area contributed by atoms with Crippen LogP contribution in [0.5, 0.6) is 5.75 Å². The second-order valence-electron chi connectivity index (χ2n) is 7.54. The Morgan fingerprint density at radius 2 is 1.96 bits per heavy atom. The van der Waals surface area contributed by atoms with Crippen LogP contribution in [0, 0.1) is 0 Å². The molecule has 0 N–H and O–H groups in total. The van der Waals surface area contributed by atoms with Gasteiger partial charge in [0.05, 0.1) is 25.5 Å². The van der Waals surface area contributed by atoms with Crippen molar-refractivity contribution in [3.8, 4) is 5.75 Å². The lowest BCUT2D eigenvalue weighted by Crippen LogP contribution is -2.36. The van der Waals surface area contributed by atoms with Gasteiger partial charge in [-0.15, -0.1) is 0 Å². The standard InChI is InChI=1S/C21H23N3O2/c1-21(5-6-21)26-17-3-2-16-14-23-20(18(16)13-17)15-4-7-22-19(12-15)24-8-10-25-11-9-24/h2-4,7,12-13H,5-6,8-11,14H2,1H3. The number of nitrogens with zero attached hydrogens (tertiary/aromatic N) is 3. The Balaban J connectivity index is 1.44. The molecule has 1 saturated carbocycles. The van der Waals surface area contributed by atoms with E-state index < -0.39 is 0 Å². The zero-order chi connectivity index (χ0) is 17.6. The van der Waals surface area contributed by atoms with Gasteiger partial charge in [0.25, 0.3) is 0 Å². The van der Waals surface area contributed by atoms with Gasteiger partial charge in [-0.2, -0.15) is 0 Å². The molecule has 2 fully saturated rings. The minimum absolute atomic E-state index is 0.0321. The molecule has 1 aliphatic carbocycles. The fourth-order valence-electron chi connectivity index (χ4n) is 3.57. The summed E-state index contributed by atoms with van der Waals surface area (Å²) < 4.78 is 11.6. The van der Waals surface area contributed by atoms with E-state index >= 15 is 0 Å². The maximum atomic E-state index is 6.15. The highest BCUT2D eigenvalue weighted by molar-refractivity contribution is 6.15. The summed E-state index contributed by atoms with van der Waals surface area (Å²) in [5.41, 5.74) is 4.65. The lowest BCUT2D eigenvalue weighted by Gasteiger charge is -2.28. The maximum Gasteiger partial charge on any atom is 0.129 e. The van der Waals surface area contributed by atoms with Crippen molar-refractivity contribution in [1.82, 2.24) is 4.98 Å². The lowest BCUT2D eigenvalue weighted by atomic mass is 10.0. The first kappa shape index (κ1) is 15.8. The number of hydrogen-bond acceptors (Lipinski definition) is 5. The van der Waals surface area contributed by atoms with Gasteiger partial charge in [0.1, 0.15) is 17.2 Å². The number of aromatic nitrogens is 1. The molecule has 0 radical (unpaired) electrons. The minimum atomic E-state index is 0.0321. The number of fused-ring (bicyclic) bond motifs is 1. The van der Waals surface area contributed by atoms with E-state index in [0.717, 1.165) is 68.5 Å². The normalized spacial score (nSPS) is 20.5. The van der Waals surface area contributed by atoms with Crippen LogP contribution in [0.1, 0.15) is 36.5 Å². The van der Waals surface area contributed by atoms with E-state index in [1.165, 1.54) is 11.1 Å². The summed E-state index contributed by atoms with van der Waals surface area (Å²) >= 11 is 0. The van der Waals surface area contributed by atoms with Gasteiger partial charge in [-0.05, 0) is 49.6 Å². The molecule has 1 saturated heterocycles. The van der Waals surface area contributed by atoms with Gasteiger partial charge < -0.3 is 14.4 Å². The molecule has 0 unspecified atom stereocenters. The van der Waals surface area contributed by atoms with Crippen LogP contribution in [-0.2, 0) is 11.3 Å². The van der Waals surface area contributed by atoms with Gasteiger partial charge >= 0.3 is 0 Å². The van der Waals surface area contributed by atoms with Crippen LogP contribution in [0.2, 0.25) is 0 Å². The molecule has 0 bridgehead atoms. The highest BCUT2D eigenvalue weighted by atomic mass is 16.5. The summed E-state index contributed by atoms with van der Waals surface area (Å²) in [6.45, 7) is 6.20. The Hall–Kier alpha value is -2.40. The van der Waals surface area contributed by atoms with Crippen molar-refractivity contribution in [2.45, 2.75) is 31.9 Å². The number of hydrogen-bond donors (Lipinski definition) is 0. The molecule has 1 aromatic carbocycles. The highest BCUT2D eigenvalue weighted by Gasteiger charge is 2.40. The summed E-state index contributed by atoms with van der Waals surface area (Å²) in [7, 11) is 0. The second-order valence-corrected chi connectivity index (χ2v) is 7.54. The molecule has 2 aliphatic heterocycles. The smallest absolute Gasteiger partial charge is 0.129 e. The summed E-state index contributed by atoms with van der Waals surface area (Å²) in [5.74, 6) is 1.95. The van der Waals surface area contributed by atoms with Crippen molar-refractivity contribution in [1.29, 1.82) is 0 Å². The van der Waals surface area contributed by atoms with Gasteiger partial charge in [-0.3, -0.25) is 4.99 Å². The molecule has 134 valence electrons. The summed E-state index contributed by atoms with van der Waals surface area (Å²) in [6, 6.07) is 10.6. The molecule has 0 spiro atoms. The van der Waals surface area contributed by atoms with Crippen LogP contribution in [0.15, 0.2) is 41.5 Å². The zero-order valence-electron chi connectivity index (χ0n) is 15.1. The van der Waals surface area contributed by atoms with E-state index in [9.17, 15) is 0 Å². The Kier molecular flexibility index (Phi) is 3.71. The van der Waals surface area contributed by atoms with E-state index in [-0.39, 0.29) is 5.60 Å². The van der Waals surface area contributed by atoms with Crippen LogP contribution in [-0.4, -0.2) is 42.6 Å². The Morgan fingerprint density at radius 1 is 1.12 bits per heavy atom. The predicted molar refractivity (Wildman–Crippen MR) is 101 cm³/mol. The van der Waals surface area contributed by atoms with Gasteiger partial charge in [0, 0.05) is 30.4 Å². The molecule has 2 aromatic rings. The molecule has 3 heterocycles. The van der Waals surface area contributed by atoms with Crippen molar-refractivity contribution in [2.75, 3.05) is 31.2 Å². The predicted octanol–water partition coefficient (Wildman–Crippen LogP) is 3.20. The fourth-order valence-corrected chi connectivity index (χ4v) is 3.57. The number of ether oxygens (including phenoxy) is 2. The van der Waals surface area contributed by atoms with Crippen LogP contribution < -0.4 is 9.64 Å². The van der Waals surface area contributed by atoms with E-state index in [2.05, 4.69) is 41.1 Å². The number of anilines is 1. The first-order chi connectivity index (χ1) is 12.7. The number of aliphatic imine (C=N–C) groups is 1. The van der Waals surface area contributed by atoms with Crippen molar-refractivity contribution in [3.05, 3.63) is 53.2 Å². The first-order valence-electron chi connectivity index (χ1n) is 9.36. The van der Waals surface area contributed by atoms with E-state index in [1.54, 1.807) is 0 Å². The summed E-state index contributed by atoms with van der Waals surface area (Å²) in [4.78, 5) is 11.6. The van der Waals surface area contributed by atoms with E-state index in [1.807, 2.05) is 12.3 Å². The average Bonchev–Trinajstić information content (AvgIpc) is 3.25. The molecule has 0 atom stereocenters. The SMILES string of the molecule is CC1(Oc2ccc3c(c2)C(c2ccnc(N4CCOCC4)c2)=NC3)CC1. The molecule has 5 heteroatoms. The number of benzene rings is 1. The highest BCUT2D eigenvalue weighted by Crippen LogP contribution is 2.40. The molecule has 5 nitrogen and oxygen atoms in total. The first-order valence-corrected chi connectivity index (χ1v) is 9.36. The topological polar surface area (TPSA) is 47.0 Å². The number of morpholine rings is 1. The molecule has 1 aromatic heterocycles. The van der Waals surface area contributed by atoms with E-state index in [4.69, 9.17) is 14.5 Å². The lowest BCUT2D eigenvalue weighted by molar-refractivity contribution is 0.122. The largest absolute Gasteiger partial charge is 0.488 e. The molecule has 0 amide bonds. The molecular weight excluding hydrogens is 326 g/mol. The minimum Gasteiger partial charge on any atom is -0.488 e. The van der Waals surface area contributed by atoms with Crippen LogP contribution in [0.25, 0.3) is 0 Å². The molecule has 5 rings (SSSR count). The fraction of sp³-hybridized carbons (Fsp3) is 0.429. The number of pyridine rings is 1. The third-order valence-corrected chi connectivity index (χ3v) is 5.42. The van der Waals surface area contributed by atoms with Crippen molar-refractivity contribution < 1.29 is 9.47 Å². The summed E-state index contributed by atoms with van der Waals surface area (Å²) in [6.07, 6.45) is 4.16. The van der Waals surface area contributed by atoms with Crippen LogP contribution in [0.4, 0.5) is 5.82 Å². The molecule has 3 aliphatic rings. The third kappa shape index (κ3) is 2.97. The van der Waals surface area contributed by atoms with Gasteiger partial charge in [0.2, 0.25) is 0 Å². The summed E-state index contributed by atoms with van der Waals surface area (Å²) in [5, 5.41) is 0. The van der Waals surface area contributed by atoms with Crippen molar-refractivity contribution >= 4 is 11.5 Å².